The van der Waals surface area contributed by atoms with E-state index in [4.69, 9.17) is 0 Å². The first-order valence-electron chi connectivity index (χ1n) is 7.21. The maximum atomic E-state index is 11.9. The van der Waals surface area contributed by atoms with Crippen LogP contribution in [-0.4, -0.2) is 38.1 Å². The fraction of sp³-hybridized carbons (Fsp3) is 0.467. The number of carboxylic acids is 1. The van der Waals surface area contributed by atoms with Gasteiger partial charge in [0.15, 0.2) is 0 Å². The predicted molar refractivity (Wildman–Crippen MR) is 77.3 cm³/mol. The van der Waals surface area contributed by atoms with Crippen molar-refractivity contribution in [2.45, 2.75) is 25.8 Å². The van der Waals surface area contributed by atoms with Gasteiger partial charge in [0.1, 0.15) is 6.04 Å². The largest absolute Gasteiger partial charge is 0.544 e. The average molecular weight is 294 g/mol. The molecular weight excluding hydrogens is 270 g/mol. The first kappa shape index (κ1) is 17.1. The van der Waals surface area contributed by atoms with Crippen molar-refractivity contribution >= 4 is 17.6 Å². The van der Waals surface area contributed by atoms with E-state index in [9.17, 15) is 14.7 Å². The summed E-state index contributed by atoms with van der Waals surface area (Å²) in [5.74, 6) is -1.51. The first-order chi connectivity index (χ1) is 10.0. The maximum Gasteiger partial charge on any atom is 0.230 e. The Morgan fingerprint density at radius 3 is 2.71 bits per heavy atom. The van der Waals surface area contributed by atoms with E-state index in [-0.39, 0.29) is 12.3 Å². The van der Waals surface area contributed by atoms with Crippen LogP contribution in [0.4, 0.5) is 5.69 Å². The number of aliphatic carboxylic acids is 1. The van der Waals surface area contributed by atoms with E-state index in [2.05, 4.69) is 5.32 Å². The molecule has 0 aromatic heterocycles. The quantitative estimate of drug-likeness (QED) is 0.442. The molecule has 5 N–H and O–H groups in total. The molecule has 0 saturated heterocycles. The van der Waals surface area contributed by atoms with Gasteiger partial charge in [0.25, 0.3) is 0 Å². The number of aryl methyl sites for hydroxylation is 1. The Hall–Kier alpha value is -1.92. The molecule has 0 heterocycles. The van der Waals surface area contributed by atoms with Crippen LogP contribution in [0, 0.1) is 6.92 Å². The lowest BCUT2D eigenvalue weighted by Gasteiger charge is -2.16. The van der Waals surface area contributed by atoms with Crippen LogP contribution in [0.5, 0.6) is 0 Å². The summed E-state index contributed by atoms with van der Waals surface area (Å²) in [6.07, 6.45) is 0.798. The van der Waals surface area contributed by atoms with Gasteiger partial charge in [0.2, 0.25) is 5.91 Å². The van der Waals surface area contributed by atoms with Gasteiger partial charge in [-0.05, 0) is 24.6 Å². The second-order valence-electron chi connectivity index (χ2n) is 5.12. The maximum absolute atomic E-state index is 11.9. The summed E-state index contributed by atoms with van der Waals surface area (Å²) in [5, 5.41) is 17.5. The molecule has 1 aromatic carbocycles. The van der Waals surface area contributed by atoms with E-state index >= 15 is 0 Å². The Labute approximate surface area is 124 Å². The first-order valence-corrected chi connectivity index (χ1v) is 7.21. The number of amides is 1. The number of benzene rings is 1. The van der Waals surface area contributed by atoms with Crippen LogP contribution in [0.25, 0.3) is 0 Å². The van der Waals surface area contributed by atoms with Crippen LogP contribution in [0.1, 0.15) is 18.4 Å². The number of nitrogens with two attached hydrogens (primary N) is 2. The number of carbonyl (C=O) groups excluding carboxylic acids is 2. The number of quaternary nitrogens is 2. The van der Waals surface area contributed by atoms with Gasteiger partial charge in [0.05, 0.1) is 32.5 Å². The summed E-state index contributed by atoms with van der Waals surface area (Å²) in [6.45, 7) is 3.53. The Balaban J connectivity index is 2.46. The van der Waals surface area contributed by atoms with Crippen molar-refractivity contribution in [1.29, 1.82) is 0 Å². The molecule has 1 atom stereocenters. The third-order valence-electron chi connectivity index (χ3n) is 3.16. The smallest absolute Gasteiger partial charge is 0.230 e. The monoisotopic (exact) mass is 294 g/mol. The zero-order valence-corrected chi connectivity index (χ0v) is 12.6. The van der Waals surface area contributed by atoms with E-state index in [1.165, 1.54) is 0 Å². The molecule has 0 unspecified atom stereocenters. The summed E-state index contributed by atoms with van der Waals surface area (Å²) in [5.41, 5.74) is 1.71. The third kappa shape index (κ3) is 6.87. The molecule has 6 nitrogen and oxygen atoms in total. The number of hydrogen-bond donors (Lipinski definition) is 3. The van der Waals surface area contributed by atoms with Crippen molar-refractivity contribution in [2.75, 3.05) is 25.5 Å². The van der Waals surface area contributed by atoms with Gasteiger partial charge in [-0.3, -0.25) is 4.79 Å². The number of hydrogen-bond acceptors (Lipinski definition) is 3. The SMILES string of the molecule is C[NH2+]CCC[NH2+][C@@H](CC(=O)Nc1cccc(C)c1)C(=O)[O-]. The van der Waals surface area contributed by atoms with Crippen LogP contribution >= 0.6 is 0 Å². The Morgan fingerprint density at radius 1 is 1.33 bits per heavy atom. The number of anilines is 1. The molecule has 116 valence electrons. The van der Waals surface area contributed by atoms with Crippen molar-refractivity contribution in [3.8, 4) is 0 Å². The minimum atomic E-state index is -1.20. The summed E-state index contributed by atoms with van der Waals surface area (Å²) in [7, 11) is 1.96. The Bertz CT molecular complexity index is 477. The summed E-state index contributed by atoms with van der Waals surface area (Å²) >= 11 is 0. The van der Waals surface area contributed by atoms with Crippen LogP contribution in [0.3, 0.4) is 0 Å². The fourth-order valence-corrected chi connectivity index (χ4v) is 2.04. The molecule has 0 aliphatic carbocycles. The van der Waals surface area contributed by atoms with Gasteiger partial charge in [-0.15, -0.1) is 0 Å². The second-order valence-corrected chi connectivity index (χ2v) is 5.12. The van der Waals surface area contributed by atoms with Gasteiger partial charge < -0.3 is 25.9 Å². The fourth-order valence-electron chi connectivity index (χ4n) is 2.04. The van der Waals surface area contributed by atoms with Crippen LogP contribution in [0.2, 0.25) is 0 Å². The van der Waals surface area contributed by atoms with Gasteiger partial charge >= 0.3 is 0 Å². The standard InChI is InChI=1S/C15H23N3O3/c1-11-5-3-6-12(9-11)18-14(19)10-13(15(20)21)17-8-4-7-16-2/h3,5-6,9,13,16-17H,4,7-8,10H2,1-2H3,(H,18,19)(H,20,21)/p+1/t13-/m0/s1. The van der Waals surface area contributed by atoms with Crippen molar-refractivity contribution in [2.24, 2.45) is 0 Å². The minimum absolute atomic E-state index is 0.0912. The molecule has 21 heavy (non-hydrogen) atoms. The van der Waals surface area contributed by atoms with Crippen molar-refractivity contribution in [3.63, 3.8) is 0 Å². The molecule has 1 rings (SSSR count). The summed E-state index contributed by atoms with van der Waals surface area (Å²) < 4.78 is 0. The molecule has 1 aromatic rings. The lowest BCUT2D eigenvalue weighted by Crippen LogP contribution is -2.94. The van der Waals surface area contributed by atoms with E-state index in [0.29, 0.717) is 12.2 Å². The van der Waals surface area contributed by atoms with E-state index in [1.54, 1.807) is 11.4 Å². The van der Waals surface area contributed by atoms with Gasteiger partial charge in [-0.25, -0.2) is 0 Å². The molecular formula is C15H24N3O3+. The topological polar surface area (TPSA) is 102 Å². The summed E-state index contributed by atoms with van der Waals surface area (Å²) in [6, 6.07) is 6.55. The lowest BCUT2D eigenvalue weighted by molar-refractivity contribution is -0.692. The second kappa shape index (κ2) is 9.10. The number of carbonyl (C=O) groups is 2. The van der Waals surface area contributed by atoms with Crippen LogP contribution in [0.15, 0.2) is 24.3 Å². The highest BCUT2D eigenvalue weighted by molar-refractivity contribution is 5.93. The predicted octanol–water partition coefficient (Wildman–Crippen LogP) is -2.41. The zero-order valence-electron chi connectivity index (χ0n) is 12.6. The Morgan fingerprint density at radius 2 is 2.10 bits per heavy atom. The lowest BCUT2D eigenvalue weighted by atomic mass is 10.1. The molecule has 0 aliphatic rings. The number of rotatable bonds is 9. The molecule has 0 spiro atoms. The van der Waals surface area contributed by atoms with E-state index < -0.39 is 12.0 Å². The third-order valence-corrected chi connectivity index (χ3v) is 3.16. The molecule has 0 radical (unpaired) electrons. The highest BCUT2D eigenvalue weighted by Crippen LogP contribution is 2.09. The molecule has 6 heteroatoms. The Kier molecular flexibility index (Phi) is 7.42. The van der Waals surface area contributed by atoms with Gasteiger partial charge in [-0.2, -0.15) is 0 Å². The van der Waals surface area contributed by atoms with Crippen molar-refractivity contribution in [3.05, 3.63) is 29.8 Å². The normalized spacial score (nSPS) is 11.9. The van der Waals surface area contributed by atoms with E-state index in [1.807, 2.05) is 37.5 Å². The van der Waals surface area contributed by atoms with Crippen LogP contribution < -0.4 is 21.1 Å². The number of nitrogens with one attached hydrogen (secondary N) is 1. The average Bonchev–Trinajstić information content (AvgIpc) is 2.42. The number of carboxylic acid groups (broad SMARTS) is 1. The highest BCUT2D eigenvalue weighted by atomic mass is 16.4. The highest BCUT2D eigenvalue weighted by Gasteiger charge is 2.18. The molecule has 1 amide bonds. The minimum Gasteiger partial charge on any atom is -0.544 e. The van der Waals surface area contributed by atoms with Crippen molar-refractivity contribution in [1.82, 2.24) is 0 Å². The van der Waals surface area contributed by atoms with Crippen LogP contribution in [-0.2, 0) is 9.59 Å². The summed E-state index contributed by atoms with van der Waals surface area (Å²) in [4.78, 5) is 23.0. The van der Waals surface area contributed by atoms with Crippen molar-refractivity contribution < 1.29 is 25.3 Å². The molecule has 0 aliphatic heterocycles. The zero-order chi connectivity index (χ0) is 15.7. The van der Waals surface area contributed by atoms with Gasteiger partial charge in [0, 0.05) is 12.1 Å². The van der Waals surface area contributed by atoms with Gasteiger partial charge in [-0.1, -0.05) is 12.1 Å². The van der Waals surface area contributed by atoms with E-state index in [0.717, 1.165) is 18.5 Å². The molecule has 0 saturated carbocycles. The molecule has 0 bridgehead atoms. The molecule has 0 fully saturated rings.